The van der Waals surface area contributed by atoms with Crippen LogP contribution in [0.2, 0.25) is 0 Å². The highest BCUT2D eigenvalue weighted by Gasteiger charge is 2.25. The van der Waals surface area contributed by atoms with E-state index in [1.807, 2.05) is 13.8 Å². The zero-order valence-corrected chi connectivity index (χ0v) is 11.3. The lowest BCUT2D eigenvalue weighted by molar-refractivity contribution is 0.292. The topological polar surface area (TPSA) is 70.6 Å². The third kappa shape index (κ3) is 4.39. The number of hydrogen-bond donors (Lipinski definition) is 3. The lowest BCUT2D eigenvalue weighted by Crippen LogP contribution is -2.44. The van der Waals surface area contributed by atoms with Crippen molar-refractivity contribution in [1.29, 1.82) is 0 Å². The second-order valence-electron chi connectivity index (χ2n) is 5.31. The number of oxime groups is 1. The highest BCUT2D eigenvalue weighted by molar-refractivity contribution is 5.85. The van der Waals surface area contributed by atoms with E-state index in [0.29, 0.717) is 5.84 Å². The summed E-state index contributed by atoms with van der Waals surface area (Å²) in [6.45, 7) is 11.4. The van der Waals surface area contributed by atoms with Crippen LogP contribution in [0.15, 0.2) is 5.16 Å². The number of nitrogens with two attached hydrogens (primary N) is 1. The summed E-state index contributed by atoms with van der Waals surface area (Å²) in [7, 11) is 0. The maximum absolute atomic E-state index is 8.66. The Hall–Kier alpha value is -0.770. The predicted molar refractivity (Wildman–Crippen MR) is 68.8 cm³/mol. The molecule has 4 N–H and O–H groups in total. The van der Waals surface area contributed by atoms with Crippen LogP contribution >= 0.6 is 0 Å². The first kappa shape index (κ1) is 15.2. The quantitative estimate of drug-likeness (QED) is 0.271. The minimum absolute atomic E-state index is 0.196. The molecule has 0 aliphatic rings. The van der Waals surface area contributed by atoms with Gasteiger partial charge in [0.25, 0.3) is 0 Å². The van der Waals surface area contributed by atoms with E-state index in [9.17, 15) is 0 Å². The van der Waals surface area contributed by atoms with Gasteiger partial charge in [-0.1, -0.05) is 32.9 Å². The second-order valence-corrected chi connectivity index (χ2v) is 5.31. The molecule has 4 nitrogen and oxygen atoms in total. The molecule has 0 heterocycles. The standard InChI is InChI=1S/C12H27N3O/c1-6-12(5,7-2)14-9-8-11(3,4)10(13)15-16/h14,16H,6-9H2,1-5H3,(H2,13,15). The minimum atomic E-state index is -0.260. The minimum Gasteiger partial charge on any atom is -0.409 e. The lowest BCUT2D eigenvalue weighted by atomic mass is 9.87. The van der Waals surface area contributed by atoms with Crippen molar-refractivity contribution in [2.45, 2.75) is 59.4 Å². The molecule has 0 unspecified atom stereocenters. The van der Waals surface area contributed by atoms with E-state index in [-0.39, 0.29) is 11.0 Å². The molecule has 0 amide bonds. The Labute approximate surface area is 99.3 Å². The average Bonchev–Trinajstić information content (AvgIpc) is 2.27. The zero-order chi connectivity index (χ0) is 12.8. The van der Waals surface area contributed by atoms with Gasteiger partial charge in [0.05, 0.1) is 0 Å². The van der Waals surface area contributed by atoms with Gasteiger partial charge in [-0.05, 0) is 32.7 Å². The van der Waals surface area contributed by atoms with Crippen LogP contribution in [0.3, 0.4) is 0 Å². The molecule has 0 saturated carbocycles. The smallest absolute Gasteiger partial charge is 0.144 e. The lowest BCUT2D eigenvalue weighted by Gasteiger charge is -2.31. The third-order valence-corrected chi connectivity index (χ3v) is 3.66. The van der Waals surface area contributed by atoms with Crippen LogP contribution in [0.5, 0.6) is 0 Å². The van der Waals surface area contributed by atoms with E-state index in [0.717, 1.165) is 25.8 Å². The van der Waals surface area contributed by atoms with Crippen molar-refractivity contribution in [2.24, 2.45) is 16.3 Å². The van der Waals surface area contributed by atoms with E-state index in [1.54, 1.807) is 0 Å². The van der Waals surface area contributed by atoms with Crippen molar-refractivity contribution in [3.05, 3.63) is 0 Å². The van der Waals surface area contributed by atoms with E-state index in [1.165, 1.54) is 0 Å². The van der Waals surface area contributed by atoms with Crippen LogP contribution in [-0.4, -0.2) is 23.1 Å². The van der Waals surface area contributed by atoms with Crippen molar-refractivity contribution in [3.63, 3.8) is 0 Å². The number of amidine groups is 1. The number of hydrogen-bond acceptors (Lipinski definition) is 3. The maximum Gasteiger partial charge on any atom is 0.144 e. The van der Waals surface area contributed by atoms with Gasteiger partial charge in [0.15, 0.2) is 0 Å². The highest BCUT2D eigenvalue weighted by Crippen LogP contribution is 2.21. The van der Waals surface area contributed by atoms with Gasteiger partial charge in [0.2, 0.25) is 0 Å². The van der Waals surface area contributed by atoms with Gasteiger partial charge in [-0.15, -0.1) is 0 Å². The van der Waals surface area contributed by atoms with E-state index in [4.69, 9.17) is 10.9 Å². The molecular formula is C12H27N3O. The Morgan fingerprint density at radius 2 is 1.75 bits per heavy atom. The fourth-order valence-electron chi connectivity index (χ4n) is 1.44. The molecule has 0 saturated heterocycles. The van der Waals surface area contributed by atoms with Crippen LogP contribution in [0, 0.1) is 5.41 Å². The van der Waals surface area contributed by atoms with Crippen LogP contribution in [0.4, 0.5) is 0 Å². The summed E-state index contributed by atoms with van der Waals surface area (Å²) in [6.07, 6.45) is 3.07. The summed E-state index contributed by atoms with van der Waals surface area (Å²) >= 11 is 0. The van der Waals surface area contributed by atoms with Gasteiger partial charge in [-0.2, -0.15) is 0 Å². The molecule has 0 aromatic heterocycles. The molecule has 0 bridgehead atoms. The summed E-state index contributed by atoms with van der Waals surface area (Å²) in [4.78, 5) is 0. The first-order chi connectivity index (χ1) is 7.31. The van der Waals surface area contributed by atoms with E-state index < -0.39 is 0 Å². The molecule has 0 atom stereocenters. The van der Waals surface area contributed by atoms with Crippen molar-refractivity contribution < 1.29 is 5.21 Å². The maximum atomic E-state index is 8.66. The largest absolute Gasteiger partial charge is 0.409 e. The molecule has 0 aromatic carbocycles. The van der Waals surface area contributed by atoms with Crippen molar-refractivity contribution >= 4 is 5.84 Å². The van der Waals surface area contributed by atoms with Crippen LogP contribution < -0.4 is 11.1 Å². The second kappa shape index (κ2) is 6.09. The molecule has 16 heavy (non-hydrogen) atoms. The van der Waals surface area contributed by atoms with Crippen LogP contribution in [0.25, 0.3) is 0 Å². The summed E-state index contributed by atoms with van der Waals surface area (Å²) in [5.41, 5.74) is 5.57. The first-order valence-corrected chi connectivity index (χ1v) is 6.04. The van der Waals surface area contributed by atoms with Crippen molar-refractivity contribution in [3.8, 4) is 0 Å². The molecule has 0 aromatic rings. The Morgan fingerprint density at radius 1 is 1.25 bits per heavy atom. The van der Waals surface area contributed by atoms with Gasteiger partial charge < -0.3 is 16.3 Å². The van der Waals surface area contributed by atoms with E-state index >= 15 is 0 Å². The monoisotopic (exact) mass is 229 g/mol. The van der Waals surface area contributed by atoms with Gasteiger partial charge in [0.1, 0.15) is 5.84 Å². The van der Waals surface area contributed by atoms with Gasteiger partial charge in [-0.3, -0.25) is 0 Å². The molecule has 0 fully saturated rings. The Balaban J connectivity index is 4.17. The Morgan fingerprint density at radius 3 is 2.12 bits per heavy atom. The molecule has 0 aliphatic heterocycles. The van der Waals surface area contributed by atoms with Crippen LogP contribution in [0.1, 0.15) is 53.9 Å². The molecule has 96 valence electrons. The fourth-order valence-corrected chi connectivity index (χ4v) is 1.44. The Kier molecular flexibility index (Phi) is 5.79. The van der Waals surface area contributed by atoms with Crippen molar-refractivity contribution in [1.82, 2.24) is 5.32 Å². The highest BCUT2D eigenvalue weighted by atomic mass is 16.4. The van der Waals surface area contributed by atoms with E-state index in [2.05, 4.69) is 31.2 Å². The number of nitrogens with one attached hydrogen (secondary N) is 1. The molecule has 4 heteroatoms. The SMILES string of the molecule is CCC(C)(CC)NCCC(C)(C)C(N)=NO. The molecular weight excluding hydrogens is 202 g/mol. The Bertz CT molecular complexity index is 232. The van der Waals surface area contributed by atoms with Gasteiger partial charge in [0, 0.05) is 11.0 Å². The van der Waals surface area contributed by atoms with Gasteiger partial charge >= 0.3 is 0 Å². The summed E-state index contributed by atoms with van der Waals surface area (Å²) in [6, 6.07) is 0. The summed E-state index contributed by atoms with van der Waals surface area (Å²) < 4.78 is 0. The summed E-state index contributed by atoms with van der Waals surface area (Å²) in [5.74, 6) is 0.295. The molecule has 0 aliphatic carbocycles. The zero-order valence-electron chi connectivity index (χ0n) is 11.3. The predicted octanol–water partition coefficient (Wildman–Crippen LogP) is 2.32. The normalized spacial score (nSPS) is 14.2. The average molecular weight is 229 g/mol. The fraction of sp³-hybridized carbons (Fsp3) is 0.917. The summed E-state index contributed by atoms with van der Waals surface area (Å²) in [5, 5.41) is 15.3. The number of rotatable bonds is 7. The van der Waals surface area contributed by atoms with Crippen molar-refractivity contribution in [2.75, 3.05) is 6.54 Å². The molecule has 0 radical (unpaired) electrons. The number of nitrogens with zero attached hydrogens (tertiary/aromatic N) is 1. The van der Waals surface area contributed by atoms with Gasteiger partial charge in [-0.25, -0.2) is 0 Å². The molecule has 0 rings (SSSR count). The van der Waals surface area contributed by atoms with Crippen LogP contribution in [-0.2, 0) is 0 Å². The first-order valence-electron chi connectivity index (χ1n) is 6.04. The molecule has 0 spiro atoms. The third-order valence-electron chi connectivity index (χ3n) is 3.66.